The van der Waals surface area contributed by atoms with Crippen molar-refractivity contribution in [1.29, 1.82) is 0 Å². The number of hydrogen-bond acceptors (Lipinski definition) is 9. The molecule has 59 heavy (non-hydrogen) atoms. The second kappa shape index (κ2) is 17.2. The number of nitrogens with zero attached hydrogens (tertiary/aromatic N) is 4. The maximum absolute atomic E-state index is 14.7. The zero-order chi connectivity index (χ0) is 43.0. The Morgan fingerprint density at radius 2 is 1.85 bits per heavy atom. The number of aryl methyl sites for hydroxylation is 1. The van der Waals surface area contributed by atoms with Gasteiger partial charge in [0, 0.05) is 44.5 Å². The van der Waals surface area contributed by atoms with Crippen molar-refractivity contribution in [2.45, 2.75) is 123 Å². The first kappa shape index (κ1) is 43.9. The zero-order valence-corrected chi connectivity index (χ0v) is 36.2. The number of Topliss-reactive ketones (excluding diaryl/α,β-unsaturated/α-hetero) is 1. The number of halogens is 1. The zero-order valence-electron chi connectivity index (χ0n) is 35.4. The fourth-order valence-electron chi connectivity index (χ4n) is 8.47. The van der Waals surface area contributed by atoms with Gasteiger partial charge in [0.1, 0.15) is 23.0 Å². The minimum atomic E-state index is -4.15. The number of carbonyl (C=O) groups is 4. The van der Waals surface area contributed by atoms with E-state index in [0.29, 0.717) is 30.3 Å². The van der Waals surface area contributed by atoms with Crippen molar-refractivity contribution in [1.82, 2.24) is 23.5 Å². The second-order valence-electron chi connectivity index (χ2n) is 17.9. The van der Waals surface area contributed by atoms with Crippen LogP contribution in [0.1, 0.15) is 104 Å². The van der Waals surface area contributed by atoms with E-state index in [9.17, 15) is 32.0 Å². The summed E-state index contributed by atoms with van der Waals surface area (Å²) in [6.45, 7) is 11.1. The Morgan fingerprint density at radius 1 is 1.10 bits per heavy atom. The van der Waals surface area contributed by atoms with E-state index in [4.69, 9.17) is 14.5 Å². The molecule has 1 aliphatic carbocycles. The van der Waals surface area contributed by atoms with E-state index < -0.39 is 56.9 Å². The van der Waals surface area contributed by atoms with E-state index in [-0.39, 0.29) is 61.9 Å². The van der Waals surface area contributed by atoms with Gasteiger partial charge in [-0.05, 0) is 102 Å². The van der Waals surface area contributed by atoms with Gasteiger partial charge in [-0.1, -0.05) is 43.2 Å². The largest absolute Gasteiger partial charge is 0.460 e. The second-order valence-corrected chi connectivity index (χ2v) is 19.8. The number of ether oxygens (including phenoxy) is 2. The molecule has 2 amide bonds. The summed E-state index contributed by atoms with van der Waals surface area (Å²) in [5, 5.41) is 0. The summed E-state index contributed by atoms with van der Waals surface area (Å²) in [5.41, 5.74) is 1.43. The van der Waals surface area contributed by atoms with Gasteiger partial charge < -0.3 is 14.4 Å². The SMILES string of the molecule is Cc1cc(F)cc(-c2cccc3c2nc(O[C@@H]2C[C@H]4C(=O)C[C@]5(C(=O)NS(=O)(=O)N(C)C)C[C@H]5/C=C\CCCCC[C@H](CC(=O)OC(C)(C)C)C(=O)N4C2)n3C(C)C)c1. The van der Waals surface area contributed by atoms with Crippen LogP contribution in [-0.2, 0) is 34.1 Å². The minimum Gasteiger partial charge on any atom is -0.460 e. The van der Waals surface area contributed by atoms with Gasteiger partial charge >= 0.3 is 16.2 Å². The van der Waals surface area contributed by atoms with Crippen LogP contribution in [0.3, 0.4) is 0 Å². The minimum absolute atomic E-state index is 0.00877. The molecule has 0 unspecified atom stereocenters. The lowest BCUT2D eigenvalue weighted by molar-refractivity contribution is -0.159. The fourth-order valence-corrected chi connectivity index (χ4v) is 9.09. The Hall–Kier alpha value is -4.63. The van der Waals surface area contributed by atoms with Crippen LogP contribution < -0.4 is 9.46 Å². The maximum atomic E-state index is 14.7. The average Bonchev–Trinajstić information content (AvgIpc) is 3.45. The van der Waals surface area contributed by atoms with Gasteiger partial charge in [-0.15, -0.1) is 0 Å². The molecule has 6 rings (SSSR count). The lowest BCUT2D eigenvalue weighted by atomic mass is 9.90. The van der Waals surface area contributed by atoms with Gasteiger partial charge in [-0.2, -0.15) is 17.7 Å². The van der Waals surface area contributed by atoms with Gasteiger partial charge in [0.15, 0.2) is 5.78 Å². The van der Waals surface area contributed by atoms with Crippen molar-refractivity contribution < 1.29 is 41.5 Å². The predicted octanol–water partition coefficient (Wildman–Crippen LogP) is 6.84. The Labute approximate surface area is 346 Å². The highest BCUT2D eigenvalue weighted by Crippen LogP contribution is 2.57. The Morgan fingerprint density at radius 3 is 2.53 bits per heavy atom. The first-order valence-electron chi connectivity index (χ1n) is 20.6. The van der Waals surface area contributed by atoms with Crippen LogP contribution in [0.4, 0.5) is 4.39 Å². The first-order valence-corrected chi connectivity index (χ1v) is 22.0. The number of rotatable bonds is 9. The average molecular weight is 836 g/mol. The number of nitrogens with one attached hydrogen (secondary N) is 1. The molecule has 2 aromatic carbocycles. The lowest BCUT2D eigenvalue weighted by Crippen LogP contribution is -2.47. The predicted molar refractivity (Wildman–Crippen MR) is 222 cm³/mol. The monoisotopic (exact) mass is 835 g/mol. The van der Waals surface area contributed by atoms with Gasteiger partial charge in [-0.25, -0.2) is 9.11 Å². The summed E-state index contributed by atoms with van der Waals surface area (Å²) in [6.07, 6.45) is 6.44. The molecule has 5 atom stereocenters. The number of amides is 2. The number of fused-ring (bicyclic) bond motifs is 3. The number of para-hydroxylation sites is 1. The fraction of sp³-hybridized carbons (Fsp3) is 0.568. The van der Waals surface area contributed by atoms with Gasteiger partial charge in [0.05, 0.1) is 29.9 Å². The number of benzene rings is 2. The van der Waals surface area contributed by atoms with Crippen molar-refractivity contribution in [2.75, 3.05) is 20.6 Å². The molecule has 1 saturated carbocycles. The van der Waals surface area contributed by atoms with Gasteiger partial charge in [-0.3, -0.25) is 23.7 Å². The lowest BCUT2D eigenvalue weighted by Gasteiger charge is -2.29. The molecule has 1 saturated heterocycles. The van der Waals surface area contributed by atoms with Crippen molar-refractivity contribution >= 4 is 44.8 Å². The number of carbonyl (C=O) groups excluding carboxylic acids is 4. The summed E-state index contributed by atoms with van der Waals surface area (Å²) in [5.74, 6) is -3.56. The summed E-state index contributed by atoms with van der Waals surface area (Å²) in [6, 6.07) is 9.62. The molecule has 3 aliphatic rings. The first-order chi connectivity index (χ1) is 27.7. The molecular weight excluding hydrogens is 778 g/mol. The van der Waals surface area contributed by atoms with Crippen LogP contribution in [0.2, 0.25) is 0 Å². The summed E-state index contributed by atoms with van der Waals surface area (Å²) < 4.78 is 57.5. The molecule has 0 bridgehead atoms. The molecule has 1 aromatic heterocycles. The molecule has 0 radical (unpaired) electrons. The van der Waals surface area contributed by atoms with Crippen molar-refractivity contribution in [3.8, 4) is 17.1 Å². The number of imidazole rings is 1. The van der Waals surface area contributed by atoms with E-state index in [1.54, 1.807) is 20.8 Å². The number of esters is 1. The highest BCUT2D eigenvalue weighted by molar-refractivity contribution is 7.87. The van der Waals surface area contributed by atoms with E-state index in [0.717, 1.165) is 33.8 Å². The highest BCUT2D eigenvalue weighted by atomic mass is 32.2. The highest BCUT2D eigenvalue weighted by Gasteiger charge is 2.61. The van der Waals surface area contributed by atoms with E-state index in [2.05, 4.69) is 4.72 Å². The van der Waals surface area contributed by atoms with Crippen LogP contribution in [0.5, 0.6) is 6.01 Å². The van der Waals surface area contributed by atoms with Crippen molar-refractivity contribution in [3.63, 3.8) is 0 Å². The molecule has 2 fully saturated rings. The standard InChI is InChI=1S/C44H58FN5O8S/c1-27(2)50-35-18-14-17-34(30-19-28(3)20-32(45)21-30)39(35)46-42(50)57-33-23-36-37(51)25-44(41(54)47-59(55,56)48(7)8)24-31(44)16-13-11-9-10-12-15-29(40(53)49(36)26-33)22-38(52)58-43(4,5)6/h13-14,16-21,27,29,31,33,36H,9-12,15,22-26H2,1-8H3,(H,47,54)/b16-13-/t29-,31-,33-,36+,44-/m1/s1. The third kappa shape index (κ3) is 9.88. The quantitative estimate of drug-likeness (QED) is 0.180. The van der Waals surface area contributed by atoms with E-state index >= 15 is 0 Å². The summed E-state index contributed by atoms with van der Waals surface area (Å²) in [4.78, 5) is 62.9. The third-order valence-electron chi connectivity index (χ3n) is 11.5. The number of allylic oxidation sites excluding steroid dienone is 2. The number of ketones is 1. The van der Waals surface area contributed by atoms with Crippen LogP contribution >= 0.6 is 0 Å². The molecule has 1 N–H and O–H groups in total. The molecule has 3 aromatic rings. The Kier molecular flexibility index (Phi) is 12.8. The van der Waals surface area contributed by atoms with Crippen LogP contribution in [-0.4, -0.2) is 89.1 Å². The van der Waals surface area contributed by atoms with Crippen LogP contribution in [0, 0.1) is 30.0 Å². The third-order valence-corrected chi connectivity index (χ3v) is 12.9. The van der Waals surface area contributed by atoms with Crippen LogP contribution in [0.15, 0.2) is 48.6 Å². The smallest absolute Gasteiger partial charge is 0.307 e. The molecular formula is C44H58FN5O8S. The number of aromatic nitrogens is 2. The summed E-state index contributed by atoms with van der Waals surface area (Å²) in [7, 11) is -1.53. The molecule has 15 heteroatoms. The van der Waals surface area contributed by atoms with E-state index in [1.165, 1.54) is 31.1 Å². The van der Waals surface area contributed by atoms with Gasteiger partial charge in [0.2, 0.25) is 11.8 Å². The summed E-state index contributed by atoms with van der Waals surface area (Å²) >= 11 is 0. The topological polar surface area (TPSA) is 157 Å². The maximum Gasteiger partial charge on any atom is 0.307 e. The number of hydrogen-bond donors (Lipinski definition) is 1. The molecule has 13 nitrogen and oxygen atoms in total. The Balaban J connectivity index is 1.37. The van der Waals surface area contributed by atoms with Crippen molar-refractivity contribution in [2.24, 2.45) is 17.3 Å². The molecule has 3 heterocycles. The molecule has 320 valence electrons. The molecule has 2 aliphatic heterocycles. The van der Waals surface area contributed by atoms with Crippen molar-refractivity contribution in [3.05, 3.63) is 59.9 Å². The Bertz CT molecular complexity index is 2230. The van der Waals surface area contributed by atoms with Crippen LogP contribution in [0.25, 0.3) is 22.2 Å². The van der Waals surface area contributed by atoms with Gasteiger partial charge in [0.25, 0.3) is 6.01 Å². The van der Waals surface area contributed by atoms with E-state index in [1.807, 2.05) is 61.8 Å². The normalized spacial score (nSPS) is 25.0. The molecule has 0 spiro atoms.